The number of rotatable bonds is 3. The van der Waals surface area contributed by atoms with Crippen LogP contribution in [0.4, 0.5) is 5.00 Å². The molecule has 102 valence electrons. The number of carbonyl (C=O) groups is 2. The molecule has 19 heavy (non-hydrogen) atoms. The molecule has 1 saturated heterocycles. The molecule has 2 N–H and O–H groups in total. The number of piperidine rings is 1. The van der Waals surface area contributed by atoms with Crippen LogP contribution in [0.25, 0.3) is 0 Å². The summed E-state index contributed by atoms with van der Waals surface area (Å²) in [5.74, 6) is -0.735. The summed E-state index contributed by atoms with van der Waals surface area (Å²) in [6.45, 7) is 0.913. The number of thiophene rings is 1. The van der Waals surface area contributed by atoms with Crippen molar-refractivity contribution in [2.45, 2.75) is 12.8 Å². The average Bonchev–Trinajstić information content (AvgIpc) is 2.87. The van der Waals surface area contributed by atoms with Gasteiger partial charge in [-0.3, -0.25) is 19.7 Å². The van der Waals surface area contributed by atoms with E-state index in [-0.39, 0.29) is 22.7 Å². The second-order valence-electron chi connectivity index (χ2n) is 4.36. The molecule has 2 heterocycles. The van der Waals surface area contributed by atoms with Crippen LogP contribution >= 0.6 is 11.3 Å². The second kappa shape index (κ2) is 5.35. The molecule has 1 aliphatic heterocycles. The minimum atomic E-state index is -0.513. The number of hydrogen-bond donors (Lipinski definition) is 1. The van der Waals surface area contributed by atoms with Gasteiger partial charge in [-0.2, -0.15) is 0 Å². The van der Waals surface area contributed by atoms with Gasteiger partial charge in [-0.25, -0.2) is 0 Å². The Bertz CT molecular complexity index is 520. The van der Waals surface area contributed by atoms with Crippen LogP contribution < -0.4 is 5.73 Å². The van der Waals surface area contributed by atoms with Crippen LogP contribution in [0.3, 0.4) is 0 Å². The van der Waals surface area contributed by atoms with Gasteiger partial charge >= 0.3 is 5.00 Å². The van der Waals surface area contributed by atoms with Gasteiger partial charge in [0.05, 0.1) is 9.80 Å². The van der Waals surface area contributed by atoms with Crippen molar-refractivity contribution < 1.29 is 14.5 Å². The van der Waals surface area contributed by atoms with Crippen LogP contribution in [0.2, 0.25) is 0 Å². The average molecular weight is 283 g/mol. The lowest BCUT2D eigenvalue weighted by atomic mass is 9.96. The third kappa shape index (κ3) is 2.90. The van der Waals surface area contributed by atoms with Crippen LogP contribution in [-0.4, -0.2) is 34.7 Å². The van der Waals surface area contributed by atoms with E-state index in [0.717, 1.165) is 11.3 Å². The summed E-state index contributed by atoms with van der Waals surface area (Å²) < 4.78 is 0. The number of primary amides is 1. The highest BCUT2D eigenvalue weighted by Gasteiger charge is 2.27. The van der Waals surface area contributed by atoms with Crippen molar-refractivity contribution >= 4 is 28.2 Å². The van der Waals surface area contributed by atoms with Gasteiger partial charge in [-0.05, 0) is 18.9 Å². The van der Waals surface area contributed by atoms with Crippen LogP contribution in [0, 0.1) is 16.0 Å². The van der Waals surface area contributed by atoms with E-state index in [0.29, 0.717) is 30.8 Å². The van der Waals surface area contributed by atoms with E-state index in [1.54, 1.807) is 4.90 Å². The number of nitro groups is 1. The summed E-state index contributed by atoms with van der Waals surface area (Å²) in [7, 11) is 0. The van der Waals surface area contributed by atoms with Crippen LogP contribution in [0.5, 0.6) is 0 Å². The number of nitrogens with two attached hydrogens (primary N) is 1. The van der Waals surface area contributed by atoms with Gasteiger partial charge in [0.2, 0.25) is 5.91 Å². The zero-order valence-corrected chi connectivity index (χ0v) is 10.9. The first-order valence-electron chi connectivity index (χ1n) is 5.82. The molecule has 0 atom stereocenters. The fourth-order valence-electron chi connectivity index (χ4n) is 2.06. The van der Waals surface area contributed by atoms with Gasteiger partial charge in [0.15, 0.2) is 0 Å². The molecule has 2 rings (SSSR count). The Labute approximate surface area is 113 Å². The molecule has 0 aliphatic carbocycles. The van der Waals surface area contributed by atoms with Crippen LogP contribution in [0.15, 0.2) is 12.1 Å². The second-order valence-corrected chi connectivity index (χ2v) is 5.43. The quantitative estimate of drug-likeness (QED) is 0.659. The van der Waals surface area contributed by atoms with Crippen molar-refractivity contribution in [2.75, 3.05) is 13.1 Å². The molecule has 0 radical (unpaired) electrons. The predicted octanol–water partition coefficient (Wildman–Crippen LogP) is 0.994. The third-order valence-electron chi connectivity index (χ3n) is 3.17. The number of nitrogens with zero attached hydrogens (tertiary/aromatic N) is 2. The molecule has 7 nitrogen and oxygen atoms in total. The molecule has 0 bridgehead atoms. The normalized spacial score (nSPS) is 16.3. The van der Waals surface area contributed by atoms with E-state index in [1.807, 2.05) is 0 Å². The van der Waals surface area contributed by atoms with E-state index < -0.39 is 4.92 Å². The summed E-state index contributed by atoms with van der Waals surface area (Å²) in [4.78, 5) is 35.1. The molecule has 1 aromatic rings. The van der Waals surface area contributed by atoms with Crippen molar-refractivity contribution in [2.24, 2.45) is 11.7 Å². The van der Waals surface area contributed by atoms with Gasteiger partial charge in [-0.1, -0.05) is 11.3 Å². The molecule has 1 fully saturated rings. The standard InChI is InChI=1S/C11H13N3O4S/c12-10(15)7-3-5-13(6-4-7)11(16)8-1-2-9(19-8)14(17)18/h1-2,7H,3-6H2,(H2,12,15). The first-order valence-corrected chi connectivity index (χ1v) is 6.63. The minimum absolute atomic E-state index is 0.0460. The van der Waals surface area contributed by atoms with E-state index in [9.17, 15) is 19.7 Å². The Balaban J connectivity index is 2.01. The summed E-state index contributed by atoms with van der Waals surface area (Å²) in [5, 5.41) is 10.5. The molecular formula is C11H13N3O4S. The predicted molar refractivity (Wildman–Crippen MR) is 68.8 cm³/mol. The smallest absolute Gasteiger partial charge is 0.324 e. The summed E-state index contributed by atoms with van der Waals surface area (Å²) in [6, 6.07) is 2.79. The summed E-state index contributed by atoms with van der Waals surface area (Å²) in [5.41, 5.74) is 5.22. The van der Waals surface area contributed by atoms with Crippen molar-refractivity contribution in [1.29, 1.82) is 0 Å². The zero-order chi connectivity index (χ0) is 14.0. The highest BCUT2D eigenvalue weighted by Crippen LogP contribution is 2.26. The maximum Gasteiger partial charge on any atom is 0.324 e. The monoisotopic (exact) mass is 283 g/mol. The molecule has 0 spiro atoms. The third-order valence-corrected chi connectivity index (χ3v) is 4.19. The van der Waals surface area contributed by atoms with Crippen molar-refractivity contribution in [3.63, 3.8) is 0 Å². The Morgan fingerprint density at radius 1 is 1.37 bits per heavy atom. The van der Waals surface area contributed by atoms with Crippen molar-refractivity contribution in [1.82, 2.24) is 4.90 Å². The Morgan fingerprint density at radius 2 is 2.00 bits per heavy atom. The Hall–Kier alpha value is -1.96. The van der Waals surface area contributed by atoms with Gasteiger partial charge in [0, 0.05) is 25.1 Å². The summed E-state index contributed by atoms with van der Waals surface area (Å²) in [6.07, 6.45) is 1.10. The summed E-state index contributed by atoms with van der Waals surface area (Å²) >= 11 is 0.868. The van der Waals surface area contributed by atoms with Gasteiger partial charge < -0.3 is 10.6 Å². The molecule has 8 heteroatoms. The first kappa shape index (κ1) is 13.5. The molecular weight excluding hydrogens is 270 g/mol. The van der Waals surface area contributed by atoms with E-state index >= 15 is 0 Å². The van der Waals surface area contributed by atoms with Gasteiger partial charge in [0.1, 0.15) is 0 Å². The molecule has 0 saturated carbocycles. The molecule has 1 aromatic heterocycles. The van der Waals surface area contributed by atoms with Crippen molar-refractivity contribution in [3.8, 4) is 0 Å². The maximum absolute atomic E-state index is 12.1. The fraction of sp³-hybridized carbons (Fsp3) is 0.455. The van der Waals surface area contributed by atoms with Gasteiger partial charge in [-0.15, -0.1) is 0 Å². The van der Waals surface area contributed by atoms with Crippen LogP contribution in [-0.2, 0) is 4.79 Å². The van der Waals surface area contributed by atoms with E-state index in [4.69, 9.17) is 5.73 Å². The lowest BCUT2D eigenvalue weighted by molar-refractivity contribution is -0.380. The van der Waals surface area contributed by atoms with Crippen LogP contribution in [0.1, 0.15) is 22.5 Å². The maximum atomic E-state index is 12.1. The molecule has 0 aromatic carbocycles. The zero-order valence-electron chi connectivity index (χ0n) is 10.1. The topological polar surface area (TPSA) is 107 Å². The number of amides is 2. The Kier molecular flexibility index (Phi) is 3.79. The number of hydrogen-bond acceptors (Lipinski definition) is 5. The SMILES string of the molecule is NC(=O)C1CCN(C(=O)c2ccc([N+](=O)[O-])s2)CC1. The Morgan fingerprint density at radius 3 is 2.47 bits per heavy atom. The lowest BCUT2D eigenvalue weighted by Gasteiger charge is -2.30. The lowest BCUT2D eigenvalue weighted by Crippen LogP contribution is -2.41. The fourth-order valence-corrected chi connectivity index (χ4v) is 2.85. The minimum Gasteiger partial charge on any atom is -0.369 e. The van der Waals surface area contributed by atoms with Crippen molar-refractivity contribution in [3.05, 3.63) is 27.1 Å². The first-order chi connectivity index (χ1) is 8.99. The van der Waals surface area contributed by atoms with E-state index in [2.05, 4.69) is 0 Å². The van der Waals surface area contributed by atoms with Gasteiger partial charge in [0.25, 0.3) is 5.91 Å². The molecule has 0 unspecified atom stereocenters. The largest absolute Gasteiger partial charge is 0.369 e. The highest BCUT2D eigenvalue weighted by molar-refractivity contribution is 7.17. The molecule has 1 aliphatic rings. The molecule has 2 amide bonds. The highest BCUT2D eigenvalue weighted by atomic mass is 32.1. The number of likely N-dealkylation sites (tertiary alicyclic amines) is 1. The van der Waals surface area contributed by atoms with E-state index in [1.165, 1.54) is 12.1 Å². The number of carbonyl (C=O) groups excluding carboxylic acids is 2.